The second-order valence-corrected chi connectivity index (χ2v) is 4.24. The molecule has 19 heavy (non-hydrogen) atoms. The summed E-state index contributed by atoms with van der Waals surface area (Å²) in [5.74, 6) is 0.105. The van der Waals surface area contributed by atoms with Crippen molar-refractivity contribution in [2.75, 3.05) is 0 Å². The Kier molecular flexibility index (Phi) is 2.91. The van der Waals surface area contributed by atoms with E-state index in [9.17, 15) is 5.26 Å². The van der Waals surface area contributed by atoms with E-state index < -0.39 is 5.92 Å². The van der Waals surface area contributed by atoms with Gasteiger partial charge in [0.2, 0.25) is 0 Å². The Morgan fingerprint density at radius 3 is 2.42 bits per heavy atom. The van der Waals surface area contributed by atoms with Crippen LogP contribution < -0.4 is 0 Å². The summed E-state index contributed by atoms with van der Waals surface area (Å²) in [7, 11) is 0. The summed E-state index contributed by atoms with van der Waals surface area (Å²) in [6, 6.07) is 18.1. The van der Waals surface area contributed by atoms with E-state index in [0.29, 0.717) is 5.82 Å². The fourth-order valence-corrected chi connectivity index (χ4v) is 2.23. The average molecular weight is 245 g/mol. The Hall–Kier alpha value is -2.73. The fourth-order valence-electron chi connectivity index (χ4n) is 2.23. The molecule has 0 fully saturated rings. The van der Waals surface area contributed by atoms with E-state index in [1.54, 1.807) is 18.5 Å². The van der Waals surface area contributed by atoms with Crippen molar-refractivity contribution in [3.63, 3.8) is 0 Å². The van der Waals surface area contributed by atoms with Gasteiger partial charge in [-0.2, -0.15) is 5.26 Å². The number of hydrogen-bond acceptors (Lipinski definition) is 3. The van der Waals surface area contributed by atoms with Crippen molar-refractivity contribution < 1.29 is 0 Å². The van der Waals surface area contributed by atoms with E-state index >= 15 is 0 Å². The van der Waals surface area contributed by atoms with E-state index in [-0.39, 0.29) is 0 Å². The van der Waals surface area contributed by atoms with Crippen molar-refractivity contribution >= 4 is 10.8 Å². The lowest BCUT2D eigenvalue weighted by Crippen LogP contribution is -2.04. The van der Waals surface area contributed by atoms with Crippen LogP contribution in [-0.2, 0) is 0 Å². The molecule has 3 rings (SSSR count). The van der Waals surface area contributed by atoms with Crippen molar-refractivity contribution in [2.24, 2.45) is 0 Å². The highest BCUT2D eigenvalue weighted by Gasteiger charge is 2.18. The zero-order chi connectivity index (χ0) is 13.1. The molecule has 90 valence electrons. The second-order valence-electron chi connectivity index (χ2n) is 4.24. The molecule has 0 radical (unpaired) electrons. The Labute approximate surface area is 111 Å². The normalized spacial score (nSPS) is 11.9. The first-order valence-corrected chi connectivity index (χ1v) is 6.04. The highest BCUT2D eigenvalue weighted by atomic mass is 14.9. The number of benzene rings is 2. The maximum Gasteiger partial charge on any atom is 0.149 e. The third kappa shape index (κ3) is 2.04. The highest BCUT2D eigenvalue weighted by molar-refractivity contribution is 5.86. The lowest BCUT2D eigenvalue weighted by molar-refractivity contribution is 0.896. The molecular formula is C16H11N3. The summed E-state index contributed by atoms with van der Waals surface area (Å²) < 4.78 is 0. The van der Waals surface area contributed by atoms with Gasteiger partial charge >= 0.3 is 0 Å². The quantitative estimate of drug-likeness (QED) is 0.696. The fraction of sp³-hybridized carbons (Fsp3) is 0.0625. The number of fused-ring (bicyclic) bond motifs is 1. The third-order valence-electron chi connectivity index (χ3n) is 3.11. The molecule has 0 N–H and O–H groups in total. The number of nitrogens with zero attached hydrogens (tertiary/aromatic N) is 3. The molecule has 1 unspecified atom stereocenters. The van der Waals surface area contributed by atoms with Gasteiger partial charge in [0.25, 0.3) is 0 Å². The summed E-state index contributed by atoms with van der Waals surface area (Å²) in [6.45, 7) is 0. The minimum absolute atomic E-state index is 0.438. The molecule has 3 nitrogen and oxygen atoms in total. The zero-order valence-electron chi connectivity index (χ0n) is 10.2. The van der Waals surface area contributed by atoms with Gasteiger partial charge in [0.1, 0.15) is 11.7 Å². The smallest absolute Gasteiger partial charge is 0.149 e. The number of aromatic nitrogens is 2. The predicted molar refractivity (Wildman–Crippen MR) is 73.4 cm³/mol. The van der Waals surface area contributed by atoms with E-state index in [4.69, 9.17) is 0 Å². The third-order valence-corrected chi connectivity index (χ3v) is 3.11. The van der Waals surface area contributed by atoms with Crippen molar-refractivity contribution in [2.45, 2.75) is 5.92 Å². The molecule has 1 heterocycles. The van der Waals surface area contributed by atoms with Crippen molar-refractivity contribution in [3.05, 3.63) is 72.3 Å². The highest BCUT2D eigenvalue weighted by Crippen LogP contribution is 2.28. The van der Waals surface area contributed by atoms with Gasteiger partial charge in [-0.25, -0.2) is 9.97 Å². The Morgan fingerprint density at radius 2 is 1.63 bits per heavy atom. The first kappa shape index (κ1) is 11.4. The number of rotatable bonds is 2. The van der Waals surface area contributed by atoms with E-state index in [0.717, 1.165) is 16.3 Å². The molecule has 0 saturated heterocycles. The number of hydrogen-bond donors (Lipinski definition) is 0. The lowest BCUT2D eigenvalue weighted by Gasteiger charge is -2.11. The van der Waals surface area contributed by atoms with Crippen LogP contribution in [0.5, 0.6) is 0 Å². The van der Waals surface area contributed by atoms with Gasteiger partial charge < -0.3 is 0 Å². The van der Waals surface area contributed by atoms with E-state index in [1.807, 2.05) is 42.5 Å². The van der Waals surface area contributed by atoms with Crippen LogP contribution in [0.4, 0.5) is 0 Å². The van der Waals surface area contributed by atoms with Gasteiger partial charge in [0.05, 0.1) is 6.07 Å². The molecule has 0 saturated carbocycles. The SMILES string of the molecule is N#CC(c1ncccn1)c1cccc2ccccc12. The first-order chi connectivity index (χ1) is 9.40. The first-order valence-electron chi connectivity index (χ1n) is 6.04. The Morgan fingerprint density at radius 1 is 0.895 bits per heavy atom. The standard InChI is InChI=1S/C16H11N3/c17-11-15(16-18-9-4-10-19-16)14-8-3-6-12-5-1-2-7-13(12)14/h1-10,15H. The molecule has 0 spiro atoms. The molecule has 0 amide bonds. The lowest BCUT2D eigenvalue weighted by atomic mass is 9.94. The van der Waals surface area contributed by atoms with Gasteiger partial charge in [-0.1, -0.05) is 42.5 Å². The minimum Gasteiger partial charge on any atom is -0.240 e. The summed E-state index contributed by atoms with van der Waals surface area (Å²) in [5.41, 5.74) is 0.951. The molecule has 0 aliphatic carbocycles. The summed E-state index contributed by atoms with van der Waals surface area (Å²) in [4.78, 5) is 8.40. The summed E-state index contributed by atoms with van der Waals surface area (Å²) in [5, 5.41) is 11.7. The molecule has 3 heteroatoms. The maximum atomic E-state index is 9.46. The Balaban J connectivity index is 2.21. The van der Waals surface area contributed by atoms with Crippen LogP contribution in [0, 0.1) is 11.3 Å². The molecule has 1 aromatic heterocycles. The largest absolute Gasteiger partial charge is 0.240 e. The number of nitriles is 1. The van der Waals surface area contributed by atoms with Crippen molar-refractivity contribution in [3.8, 4) is 6.07 Å². The van der Waals surface area contributed by atoms with Crippen LogP contribution in [-0.4, -0.2) is 9.97 Å². The van der Waals surface area contributed by atoms with Gasteiger partial charge in [-0.15, -0.1) is 0 Å². The summed E-state index contributed by atoms with van der Waals surface area (Å²) in [6.07, 6.45) is 3.33. The van der Waals surface area contributed by atoms with Crippen molar-refractivity contribution in [1.29, 1.82) is 5.26 Å². The molecule has 2 aromatic carbocycles. The van der Waals surface area contributed by atoms with Gasteiger partial charge in [-0.3, -0.25) is 0 Å². The van der Waals surface area contributed by atoms with E-state index in [1.165, 1.54) is 0 Å². The zero-order valence-corrected chi connectivity index (χ0v) is 10.2. The molecule has 0 bridgehead atoms. The van der Waals surface area contributed by atoms with Crippen molar-refractivity contribution in [1.82, 2.24) is 9.97 Å². The van der Waals surface area contributed by atoms with Crippen LogP contribution >= 0.6 is 0 Å². The van der Waals surface area contributed by atoms with Crippen LogP contribution in [0.25, 0.3) is 10.8 Å². The van der Waals surface area contributed by atoms with Crippen LogP contribution in [0.1, 0.15) is 17.3 Å². The van der Waals surface area contributed by atoms with Gasteiger partial charge in [-0.05, 0) is 22.4 Å². The molecule has 0 aliphatic heterocycles. The van der Waals surface area contributed by atoms with Gasteiger partial charge in [0, 0.05) is 12.4 Å². The van der Waals surface area contributed by atoms with Crippen LogP contribution in [0.2, 0.25) is 0 Å². The van der Waals surface area contributed by atoms with Crippen LogP contribution in [0.3, 0.4) is 0 Å². The van der Waals surface area contributed by atoms with Crippen LogP contribution in [0.15, 0.2) is 60.9 Å². The maximum absolute atomic E-state index is 9.46. The van der Waals surface area contributed by atoms with Gasteiger partial charge in [0.15, 0.2) is 0 Å². The molecular weight excluding hydrogens is 234 g/mol. The molecule has 1 atom stereocenters. The second kappa shape index (κ2) is 4.87. The minimum atomic E-state index is -0.438. The predicted octanol–water partition coefficient (Wildman–Crippen LogP) is 3.29. The monoisotopic (exact) mass is 245 g/mol. The topological polar surface area (TPSA) is 49.6 Å². The Bertz CT molecular complexity index is 739. The summed E-state index contributed by atoms with van der Waals surface area (Å²) >= 11 is 0. The molecule has 0 aliphatic rings. The molecule has 3 aromatic rings. The average Bonchev–Trinajstić information content (AvgIpc) is 2.49. The van der Waals surface area contributed by atoms with E-state index in [2.05, 4.69) is 16.0 Å².